The molecule has 1 amide bonds. The van der Waals surface area contributed by atoms with Crippen molar-refractivity contribution >= 4 is 67.1 Å². The van der Waals surface area contributed by atoms with Crippen molar-refractivity contribution in [3.63, 3.8) is 0 Å². The third kappa shape index (κ3) is 3.64. The fraction of sp³-hybridized carbons (Fsp3) is 0. The van der Waals surface area contributed by atoms with Crippen LogP contribution in [0.25, 0.3) is 22.6 Å². The van der Waals surface area contributed by atoms with Gasteiger partial charge in [-0.3, -0.25) is 14.9 Å². The Morgan fingerprint density at radius 3 is 2.71 bits per heavy atom. The molecule has 8 nitrogen and oxygen atoms in total. The van der Waals surface area contributed by atoms with Crippen LogP contribution in [0, 0.1) is 13.7 Å². The molecule has 2 heterocycles. The van der Waals surface area contributed by atoms with Crippen LogP contribution in [0.4, 0.5) is 11.6 Å². The standard InChI is InChI=1S/C18H9BrIN3O5/c19-12-3-1-9(20)7-11(12)18-22-13-8-10(2-4-14(13)28-18)21-17(24)15-5-6-16(27-15)23(25)26/h1-8H,(H,21,24). The smallest absolute Gasteiger partial charge is 0.433 e. The molecule has 1 N–H and O–H groups in total. The molecule has 0 spiro atoms. The Morgan fingerprint density at radius 1 is 1.14 bits per heavy atom. The average Bonchev–Trinajstić information content (AvgIpc) is 3.30. The van der Waals surface area contributed by atoms with Gasteiger partial charge in [-0.25, -0.2) is 4.98 Å². The zero-order valence-corrected chi connectivity index (χ0v) is 17.6. The maximum Gasteiger partial charge on any atom is 0.433 e. The molecule has 2 aromatic carbocycles. The van der Waals surface area contributed by atoms with Crippen molar-refractivity contribution in [1.29, 1.82) is 0 Å². The summed E-state index contributed by atoms with van der Waals surface area (Å²) in [6.07, 6.45) is 0. The highest BCUT2D eigenvalue weighted by molar-refractivity contribution is 14.1. The van der Waals surface area contributed by atoms with Gasteiger partial charge in [0.15, 0.2) is 11.3 Å². The number of hydrogen-bond acceptors (Lipinski definition) is 6. The van der Waals surface area contributed by atoms with E-state index in [2.05, 4.69) is 48.8 Å². The fourth-order valence-corrected chi connectivity index (χ4v) is 3.43. The maximum absolute atomic E-state index is 12.2. The molecule has 2 aromatic heterocycles. The van der Waals surface area contributed by atoms with Gasteiger partial charge in [0.1, 0.15) is 10.4 Å². The van der Waals surface area contributed by atoms with Crippen molar-refractivity contribution in [3.8, 4) is 11.5 Å². The molecular formula is C18H9BrIN3O5. The van der Waals surface area contributed by atoms with Gasteiger partial charge in [0.2, 0.25) is 5.89 Å². The number of rotatable bonds is 4. The van der Waals surface area contributed by atoms with Crippen LogP contribution in [0.5, 0.6) is 0 Å². The minimum absolute atomic E-state index is 0.157. The van der Waals surface area contributed by atoms with Gasteiger partial charge < -0.3 is 14.2 Å². The van der Waals surface area contributed by atoms with Gasteiger partial charge in [0.25, 0.3) is 5.91 Å². The number of oxazole rings is 1. The molecule has 0 aliphatic rings. The van der Waals surface area contributed by atoms with E-state index >= 15 is 0 Å². The van der Waals surface area contributed by atoms with E-state index < -0.39 is 16.7 Å². The van der Waals surface area contributed by atoms with E-state index in [1.54, 1.807) is 18.2 Å². The number of benzene rings is 2. The molecule has 0 radical (unpaired) electrons. The number of carbonyl (C=O) groups is 1. The number of nitrogens with zero attached hydrogens (tertiary/aromatic N) is 2. The SMILES string of the molecule is O=C(Nc1ccc2oc(-c3cc(I)ccc3Br)nc2c1)c1ccc([N+](=O)[O-])o1. The number of fused-ring (bicyclic) bond motifs is 1. The summed E-state index contributed by atoms with van der Waals surface area (Å²) in [4.78, 5) is 26.7. The largest absolute Gasteiger partial charge is 0.436 e. The highest BCUT2D eigenvalue weighted by Crippen LogP contribution is 2.32. The lowest BCUT2D eigenvalue weighted by molar-refractivity contribution is -0.402. The number of nitrogens with one attached hydrogen (secondary N) is 1. The number of carbonyl (C=O) groups excluding carboxylic acids is 1. The van der Waals surface area contributed by atoms with Crippen molar-refractivity contribution in [3.05, 3.63) is 72.4 Å². The fourth-order valence-electron chi connectivity index (χ4n) is 2.52. The first-order valence-corrected chi connectivity index (χ1v) is 9.69. The minimum atomic E-state index is -0.706. The van der Waals surface area contributed by atoms with Crippen molar-refractivity contribution < 1.29 is 18.6 Å². The van der Waals surface area contributed by atoms with Crippen LogP contribution >= 0.6 is 38.5 Å². The number of anilines is 1. The molecule has 0 fully saturated rings. The van der Waals surface area contributed by atoms with Gasteiger partial charge in [-0.1, -0.05) is 0 Å². The second kappa shape index (κ2) is 7.36. The lowest BCUT2D eigenvalue weighted by Gasteiger charge is -2.01. The third-order valence-corrected chi connectivity index (χ3v) is 5.16. The molecule has 0 atom stereocenters. The molecule has 140 valence electrons. The molecule has 4 rings (SSSR count). The normalized spacial score (nSPS) is 10.9. The van der Waals surface area contributed by atoms with Gasteiger partial charge in [-0.15, -0.1) is 0 Å². The Labute approximate surface area is 179 Å². The van der Waals surface area contributed by atoms with E-state index in [9.17, 15) is 14.9 Å². The van der Waals surface area contributed by atoms with E-state index in [-0.39, 0.29) is 5.76 Å². The highest BCUT2D eigenvalue weighted by atomic mass is 127. The molecule has 28 heavy (non-hydrogen) atoms. The number of amides is 1. The van der Waals surface area contributed by atoms with E-state index in [0.717, 1.165) is 19.7 Å². The second-order valence-electron chi connectivity index (χ2n) is 5.67. The van der Waals surface area contributed by atoms with Crippen molar-refractivity contribution in [2.45, 2.75) is 0 Å². The topological polar surface area (TPSA) is 111 Å². The van der Waals surface area contributed by atoms with Gasteiger partial charge in [0.05, 0.1) is 11.6 Å². The number of nitro groups is 1. The molecule has 0 unspecified atom stereocenters. The first-order valence-electron chi connectivity index (χ1n) is 7.82. The molecule has 0 bridgehead atoms. The second-order valence-corrected chi connectivity index (χ2v) is 7.77. The van der Waals surface area contributed by atoms with Crippen molar-refractivity contribution in [1.82, 2.24) is 4.98 Å². The quantitative estimate of drug-likeness (QED) is 0.199. The molecule has 0 aliphatic heterocycles. The number of furan rings is 1. The molecule has 10 heteroatoms. The van der Waals surface area contributed by atoms with Crippen LogP contribution in [0.1, 0.15) is 10.6 Å². The molecule has 0 aliphatic carbocycles. The Bertz CT molecular complexity index is 1230. The van der Waals surface area contributed by atoms with E-state index in [4.69, 9.17) is 8.83 Å². The van der Waals surface area contributed by atoms with Crippen molar-refractivity contribution in [2.75, 3.05) is 5.32 Å². The summed E-state index contributed by atoms with van der Waals surface area (Å²) in [7, 11) is 0. The molecule has 0 saturated carbocycles. The van der Waals surface area contributed by atoms with E-state index in [1.807, 2.05) is 18.2 Å². The van der Waals surface area contributed by atoms with Crippen LogP contribution in [-0.4, -0.2) is 15.8 Å². The average molecular weight is 554 g/mol. The van der Waals surface area contributed by atoms with Crippen LogP contribution in [-0.2, 0) is 0 Å². The van der Waals surface area contributed by atoms with Crippen LogP contribution in [0.3, 0.4) is 0 Å². The molecule has 0 saturated heterocycles. The Hall–Kier alpha value is -2.73. The maximum atomic E-state index is 12.2. The summed E-state index contributed by atoms with van der Waals surface area (Å²) in [6.45, 7) is 0. The number of aromatic nitrogens is 1. The molecular weight excluding hydrogens is 545 g/mol. The third-order valence-electron chi connectivity index (χ3n) is 3.80. The Kier molecular flexibility index (Phi) is 4.89. The summed E-state index contributed by atoms with van der Waals surface area (Å²) >= 11 is 5.70. The molecule has 4 aromatic rings. The predicted octanol–water partition coefficient (Wildman–Crippen LogP) is 5.62. The van der Waals surface area contributed by atoms with Crippen LogP contribution in [0.15, 0.2) is 61.8 Å². The zero-order chi connectivity index (χ0) is 19.8. The summed E-state index contributed by atoms with van der Waals surface area (Å²) < 4.78 is 12.6. The van der Waals surface area contributed by atoms with Crippen LogP contribution in [0.2, 0.25) is 0 Å². The lowest BCUT2D eigenvalue weighted by atomic mass is 10.2. The first kappa shape index (κ1) is 18.6. The van der Waals surface area contributed by atoms with Gasteiger partial charge in [0, 0.05) is 13.7 Å². The summed E-state index contributed by atoms with van der Waals surface area (Å²) in [5.41, 5.74) is 2.39. The lowest BCUT2D eigenvalue weighted by Crippen LogP contribution is -2.10. The van der Waals surface area contributed by atoms with Gasteiger partial charge in [-0.2, -0.15) is 0 Å². The number of halogens is 2. The monoisotopic (exact) mass is 553 g/mol. The van der Waals surface area contributed by atoms with E-state index in [0.29, 0.717) is 22.7 Å². The summed E-state index contributed by atoms with van der Waals surface area (Å²) in [6, 6.07) is 13.2. The first-order chi connectivity index (χ1) is 13.4. The highest BCUT2D eigenvalue weighted by Gasteiger charge is 2.18. The van der Waals surface area contributed by atoms with Crippen molar-refractivity contribution in [2.24, 2.45) is 0 Å². The minimum Gasteiger partial charge on any atom is -0.436 e. The van der Waals surface area contributed by atoms with Gasteiger partial charge >= 0.3 is 5.88 Å². The summed E-state index contributed by atoms with van der Waals surface area (Å²) in [5.74, 6) is -0.803. The predicted molar refractivity (Wildman–Crippen MR) is 113 cm³/mol. The Morgan fingerprint density at radius 2 is 1.96 bits per heavy atom. The number of hydrogen-bond donors (Lipinski definition) is 1. The zero-order valence-electron chi connectivity index (χ0n) is 13.8. The van der Waals surface area contributed by atoms with Gasteiger partial charge in [-0.05, 0) is 81.0 Å². The summed E-state index contributed by atoms with van der Waals surface area (Å²) in [5, 5.41) is 13.3. The van der Waals surface area contributed by atoms with E-state index in [1.165, 1.54) is 6.07 Å². The van der Waals surface area contributed by atoms with Crippen LogP contribution < -0.4 is 5.32 Å². The Balaban J connectivity index is 1.62.